The largest absolute Gasteiger partial charge is 0.483 e. The van der Waals surface area contributed by atoms with Crippen molar-refractivity contribution in [3.05, 3.63) is 68.4 Å². The molecule has 162 valence electrons. The van der Waals surface area contributed by atoms with Crippen LogP contribution in [0, 0.1) is 10.1 Å². The van der Waals surface area contributed by atoms with Crippen LogP contribution in [0.3, 0.4) is 0 Å². The van der Waals surface area contributed by atoms with Crippen LogP contribution in [-0.2, 0) is 11.8 Å². The third kappa shape index (κ3) is 5.87. The Morgan fingerprint density at radius 2 is 2.06 bits per heavy atom. The van der Waals surface area contributed by atoms with Gasteiger partial charge in [0.05, 0.1) is 10.7 Å². The molecule has 31 heavy (non-hydrogen) atoms. The number of aromatic nitrogens is 3. The van der Waals surface area contributed by atoms with Gasteiger partial charge in [-0.3, -0.25) is 14.9 Å². The number of nitrogens with one attached hydrogen (secondary N) is 1. The van der Waals surface area contributed by atoms with Crippen LogP contribution >= 0.6 is 35.0 Å². The first-order valence-electron chi connectivity index (χ1n) is 8.92. The summed E-state index contributed by atoms with van der Waals surface area (Å²) in [5, 5.41) is 22.9. The molecule has 1 unspecified atom stereocenters. The van der Waals surface area contributed by atoms with Gasteiger partial charge < -0.3 is 14.6 Å². The molecular weight excluding hydrogens is 465 g/mol. The number of amides is 1. The lowest BCUT2D eigenvalue weighted by Crippen LogP contribution is -2.15. The number of halogens is 2. The fourth-order valence-electron chi connectivity index (χ4n) is 2.66. The molecule has 0 saturated carbocycles. The van der Waals surface area contributed by atoms with Crippen molar-refractivity contribution >= 4 is 52.2 Å². The normalized spacial score (nSPS) is 11.7. The van der Waals surface area contributed by atoms with Crippen LogP contribution in [-0.4, -0.2) is 31.3 Å². The summed E-state index contributed by atoms with van der Waals surface area (Å²) in [6.07, 6.45) is -0.395. The van der Waals surface area contributed by atoms with Crippen LogP contribution in [0.25, 0.3) is 0 Å². The van der Waals surface area contributed by atoms with Gasteiger partial charge >= 0.3 is 0 Å². The maximum Gasteiger partial charge on any atom is 0.289 e. The maximum absolute atomic E-state index is 12.2. The molecule has 0 radical (unpaired) electrons. The summed E-state index contributed by atoms with van der Waals surface area (Å²) < 4.78 is 7.59. The molecule has 1 N–H and O–H groups in total. The number of ether oxygens (including phenoxy) is 1. The number of anilines is 1. The van der Waals surface area contributed by atoms with Crippen LogP contribution in [0.15, 0.2) is 47.6 Å². The Kier molecular flexibility index (Phi) is 7.37. The van der Waals surface area contributed by atoms with Crippen LogP contribution in [0.2, 0.25) is 10.0 Å². The number of hydrogen-bond donors (Lipinski definition) is 1. The third-order valence-corrected chi connectivity index (χ3v) is 5.68. The molecule has 1 aromatic heterocycles. The Morgan fingerprint density at radius 3 is 2.77 bits per heavy atom. The second-order valence-electron chi connectivity index (χ2n) is 6.38. The number of nitro groups is 1. The molecule has 0 aliphatic rings. The molecule has 2 aromatic carbocycles. The number of rotatable bonds is 8. The van der Waals surface area contributed by atoms with Crippen molar-refractivity contribution < 1.29 is 14.5 Å². The molecule has 1 atom stereocenters. The van der Waals surface area contributed by atoms with E-state index < -0.39 is 11.0 Å². The van der Waals surface area contributed by atoms with Crippen LogP contribution in [0.4, 0.5) is 11.4 Å². The van der Waals surface area contributed by atoms with Crippen molar-refractivity contribution in [1.82, 2.24) is 14.8 Å². The van der Waals surface area contributed by atoms with E-state index in [-0.39, 0.29) is 28.1 Å². The lowest BCUT2D eigenvalue weighted by molar-refractivity contribution is -0.384. The van der Waals surface area contributed by atoms with E-state index in [1.807, 2.05) is 6.92 Å². The Hall–Kier alpha value is -2.82. The first kappa shape index (κ1) is 22.9. The van der Waals surface area contributed by atoms with E-state index in [0.29, 0.717) is 21.8 Å². The lowest BCUT2D eigenvalue weighted by atomic mass is 10.3. The molecule has 0 spiro atoms. The number of carbonyl (C=O) groups excluding carboxylic acids is 1. The average molecular weight is 482 g/mol. The molecule has 0 aliphatic heterocycles. The Bertz CT molecular complexity index is 1120. The molecule has 0 fully saturated rings. The molecule has 0 aliphatic carbocycles. The van der Waals surface area contributed by atoms with E-state index in [9.17, 15) is 14.9 Å². The van der Waals surface area contributed by atoms with Crippen molar-refractivity contribution in [2.75, 3.05) is 11.1 Å². The summed E-state index contributed by atoms with van der Waals surface area (Å²) in [7, 11) is 1.77. The van der Waals surface area contributed by atoms with Gasteiger partial charge in [0.2, 0.25) is 5.91 Å². The van der Waals surface area contributed by atoms with Crippen molar-refractivity contribution in [3.8, 4) is 5.75 Å². The van der Waals surface area contributed by atoms with Crippen molar-refractivity contribution in [3.63, 3.8) is 0 Å². The number of carbonyl (C=O) groups is 1. The molecular formula is C19H17Cl2N5O4S. The number of nitro benzene ring substituents is 1. The van der Waals surface area contributed by atoms with Gasteiger partial charge in [-0.05, 0) is 37.3 Å². The summed E-state index contributed by atoms with van der Waals surface area (Å²) in [5.41, 5.74) is 0.00246. The summed E-state index contributed by atoms with van der Waals surface area (Å²) in [6, 6.07) is 11.1. The molecule has 9 nitrogen and oxygen atoms in total. The SMILES string of the molecule is CC(Oc1cccc(Cl)c1)c1nnc(SCC(=O)Nc2ccc(Cl)c([N+](=O)[O-])c2)n1C. The second-order valence-corrected chi connectivity index (χ2v) is 8.16. The number of thioether (sulfide) groups is 1. The summed E-state index contributed by atoms with van der Waals surface area (Å²) >= 11 is 12.9. The second kappa shape index (κ2) is 9.99. The standard InChI is InChI=1S/C19H17Cl2N5O4S/c1-11(30-14-5-3-4-12(20)8-14)18-23-24-19(25(18)2)31-10-17(27)22-13-6-7-15(21)16(9-13)26(28)29/h3-9,11H,10H2,1-2H3,(H,22,27). The Morgan fingerprint density at radius 1 is 1.29 bits per heavy atom. The number of nitrogens with zero attached hydrogens (tertiary/aromatic N) is 4. The van der Waals surface area contributed by atoms with Gasteiger partial charge in [0.1, 0.15) is 10.8 Å². The van der Waals surface area contributed by atoms with Gasteiger partial charge in [-0.2, -0.15) is 0 Å². The minimum absolute atomic E-state index is 0.00176. The van der Waals surface area contributed by atoms with Gasteiger partial charge in [-0.15, -0.1) is 10.2 Å². The zero-order chi connectivity index (χ0) is 22.5. The van der Waals surface area contributed by atoms with E-state index in [4.69, 9.17) is 27.9 Å². The highest BCUT2D eigenvalue weighted by Gasteiger charge is 2.19. The molecule has 0 bridgehead atoms. The van der Waals surface area contributed by atoms with Crippen molar-refractivity contribution in [1.29, 1.82) is 0 Å². The fraction of sp³-hybridized carbons (Fsp3) is 0.211. The highest BCUT2D eigenvalue weighted by atomic mass is 35.5. The highest BCUT2D eigenvalue weighted by Crippen LogP contribution is 2.28. The predicted octanol–water partition coefficient (Wildman–Crippen LogP) is 4.90. The minimum atomic E-state index is -0.611. The lowest BCUT2D eigenvalue weighted by Gasteiger charge is -2.14. The first-order chi connectivity index (χ1) is 14.7. The average Bonchev–Trinajstić information content (AvgIpc) is 3.08. The van der Waals surface area contributed by atoms with E-state index in [0.717, 1.165) is 0 Å². The molecule has 3 rings (SSSR count). The molecule has 3 aromatic rings. The maximum atomic E-state index is 12.2. The van der Waals surface area contributed by atoms with E-state index in [2.05, 4.69) is 15.5 Å². The fourth-order valence-corrected chi connectivity index (χ4v) is 3.75. The number of hydrogen-bond acceptors (Lipinski definition) is 7. The van der Waals surface area contributed by atoms with Crippen molar-refractivity contribution in [2.24, 2.45) is 7.05 Å². The van der Waals surface area contributed by atoms with Gasteiger partial charge in [0, 0.05) is 23.8 Å². The number of benzene rings is 2. The van der Waals surface area contributed by atoms with Crippen LogP contribution < -0.4 is 10.1 Å². The monoisotopic (exact) mass is 481 g/mol. The topological polar surface area (TPSA) is 112 Å². The summed E-state index contributed by atoms with van der Waals surface area (Å²) in [5.74, 6) is 0.866. The Labute approximate surface area is 191 Å². The molecule has 0 saturated heterocycles. The van der Waals surface area contributed by atoms with Gasteiger partial charge in [-0.1, -0.05) is 41.0 Å². The van der Waals surface area contributed by atoms with Crippen LogP contribution in [0.1, 0.15) is 18.9 Å². The van der Waals surface area contributed by atoms with Gasteiger partial charge in [0.25, 0.3) is 5.69 Å². The minimum Gasteiger partial charge on any atom is -0.483 e. The van der Waals surface area contributed by atoms with E-state index >= 15 is 0 Å². The van der Waals surface area contributed by atoms with E-state index in [1.165, 1.54) is 30.0 Å². The summed E-state index contributed by atoms with van der Waals surface area (Å²) in [4.78, 5) is 22.6. The van der Waals surface area contributed by atoms with Crippen LogP contribution in [0.5, 0.6) is 5.75 Å². The summed E-state index contributed by atoms with van der Waals surface area (Å²) in [6.45, 7) is 1.83. The van der Waals surface area contributed by atoms with Crippen molar-refractivity contribution in [2.45, 2.75) is 18.2 Å². The first-order valence-corrected chi connectivity index (χ1v) is 10.7. The highest BCUT2D eigenvalue weighted by molar-refractivity contribution is 7.99. The molecule has 1 amide bonds. The zero-order valence-corrected chi connectivity index (χ0v) is 18.7. The molecule has 12 heteroatoms. The van der Waals surface area contributed by atoms with Gasteiger partial charge in [0.15, 0.2) is 17.1 Å². The third-order valence-electron chi connectivity index (χ3n) is 4.10. The zero-order valence-electron chi connectivity index (χ0n) is 16.4. The quantitative estimate of drug-likeness (QED) is 0.276. The smallest absolute Gasteiger partial charge is 0.289 e. The van der Waals surface area contributed by atoms with E-state index in [1.54, 1.807) is 35.9 Å². The molecule has 1 heterocycles. The van der Waals surface area contributed by atoms with Gasteiger partial charge in [-0.25, -0.2) is 0 Å². The predicted molar refractivity (Wildman–Crippen MR) is 119 cm³/mol. The Balaban J connectivity index is 1.60.